The maximum atomic E-state index is 4.56. The predicted octanol–water partition coefficient (Wildman–Crippen LogP) is 2.61. The molecule has 0 saturated heterocycles. The minimum Gasteiger partial charge on any atom is -0.364 e. The van der Waals surface area contributed by atoms with Crippen LogP contribution in [0.3, 0.4) is 0 Å². The molecule has 1 fully saturated rings. The monoisotopic (exact) mass is 311 g/mol. The Bertz CT molecular complexity index is 857. The standard InChI is InChI=1S/C16H21N7/c1-4-23-11(3)13(10(2)21-23)7-17-15-14-16(19-8-18-15)22(9-20-14)12-5-6-12/h8-9,12H,4-7H2,1-3H3,(H,17,18,19). The van der Waals surface area contributed by atoms with Crippen LogP contribution in [0.5, 0.6) is 0 Å². The van der Waals surface area contributed by atoms with Gasteiger partial charge >= 0.3 is 0 Å². The van der Waals surface area contributed by atoms with Gasteiger partial charge in [0.15, 0.2) is 11.5 Å². The van der Waals surface area contributed by atoms with Crippen LogP contribution in [0.1, 0.15) is 42.8 Å². The molecule has 7 heteroatoms. The van der Waals surface area contributed by atoms with Crippen molar-refractivity contribution in [3.05, 3.63) is 29.6 Å². The first-order valence-electron chi connectivity index (χ1n) is 8.13. The average molecular weight is 311 g/mol. The summed E-state index contributed by atoms with van der Waals surface area (Å²) < 4.78 is 4.19. The van der Waals surface area contributed by atoms with Crippen molar-refractivity contribution in [2.45, 2.75) is 52.7 Å². The summed E-state index contributed by atoms with van der Waals surface area (Å²) in [7, 11) is 0. The van der Waals surface area contributed by atoms with Crippen LogP contribution < -0.4 is 5.32 Å². The van der Waals surface area contributed by atoms with Crippen LogP contribution in [0.2, 0.25) is 0 Å². The van der Waals surface area contributed by atoms with Crippen LogP contribution in [0.25, 0.3) is 11.2 Å². The van der Waals surface area contributed by atoms with Crippen molar-refractivity contribution in [1.82, 2.24) is 29.3 Å². The zero-order valence-electron chi connectivity index (χ0n) is 13.7. The number of aromatic nitrogens is 6. The summed E-state index contributed by atoms with van der Waals surface area (Å²) in [5.74, 6) is 0.789. The van der Waals surface area contributed by atoms with E-state index in [9.17, 15) is 0 Å². The lowest BCUT2D eigenvalue weighted by atomic mass is 10.2. The van der Waals surface area contributed by atoms with Gasteiger partial charge in [-0.05, 0) is 33.6 Å². The van der Waals surface area contributed by atoms with E-state index in [1.54, 1.807) is 6.33 Å². The third kappa shape index (κ3) is 2.36. The molecule has 0 aromatic carbocycles. The topological polar surface area (TPSA) is 73.5 Å². The average Bonchev–Trinajstić information content (AvgIpc) is 3.24. The van der Waals surface area contributed by atoms with Gasteiger partial charge in [-0.3, -0.25) is 4.68 Å². The van der Waals surface area contributed by atoms with Gasteiger partial charge in [0.25, 0.3) is 0 Å². The minimum atomic E-state index is 0.565. The molecule has 3 aromatic heterocycles. The Hall–Kier alpha value is -2.44. The predicted molar refractivity (Wildman–Crippen MR) is 88.3 cm³/mol. The lowest BCUT2D eigenvalue weighted by Gasteiger charge is -2.07. The molecule has 0 amide bonds. The summed E-state index contributed by atoms with van der Waals surface area (Å²) in [6.45, 7) is 7.84. The first kappa shape index (κ1) is 14.2. The van der Waals surface area contributed by atoms with E-state index in [1.165, 1.54) is 24.1 Å². The number of imidazole rings is 1. The van der Waals surface area contributed by atoms with Crippen molar-refractivity contribution < 1.29 is 0 Å². The van der Waals surface area contributed by atoms with Gasteiger partial charge in [-0.2, -0.15) is 5.10 Å². The summed E-state index contributed by atoms with van der Waals surface area (Å²) >= 11 is 0. The highest BCUT2D eigenvalue weighted by Gasteiger charge is 2.26. The molecule has 1 aliphatic carbocycles. The summed E-state index contributed by atoms with van der Waals surface area (Å²) in [6.07, 6.45) is 5.92. The number of nitrogens with zero attached hydrogens (tertiary/aromatic N) is 6. The zero-order valence-corrected chi connectivity index (χ0v) is 13.7. The molecule has 0 aliphatic heterocycles. The van der Waals surface area contributed by atoms with Gasteiger partial charge in [-0.15, -0.1) is 0 Å². The second-order valence-corrected chi connectivity index (χ2v) is 6.10. The van der Waals surface area contributed by atoms with Crippen LogP contribution in [0, 0.1) is 13.8 Å². The van der Waals surface area contributed by atoms with Gasteiger partial charge in [-0.25, -0.2) is 15.0 Å². The SMILES string of the molecule is CCn1nc(C)c(CNc2ncnc3c2ncn3C2CC2)c1C. The highest BCUT2D eigenvalue weighted by atomic mass is 15.3. The molecule has 0 unspecified atom stereocenters. The van der Waals surface area contributed by atoms with Crippen molar-refractivity contribution in [3.8, 4) is 0 Å². The molecule has 7 nitrogen and oxygen atoms in total. The number of fused-ring (bicyclic) bond motifs is 1. The van der Waals surface area contributed by atoms with Gasteiger partial charge < -0.3 is 9.88 Å². The summed E-state index contributed by atoms with van der Waals surface area (Å²) in [6, 6.07) is 0.565. The van der Waals surface area contributed by atoms with Crippen LogP contribution >= 0.6 is 0 Å². The van der Waals surface area contributed by atoms with E-state index in [-0.39, 0.29) is 0 Å². The van der Waals surface area contributed by atoms with E-state index in [1.807, 2.05) is 17.9 Å². The third-order valence-electron chi connectivity index (χ3n) is 4.56. The third-order valence-corrected chi connectivity index (χ3v) is 4.56. The lowest BCUT2D eigenvalue weighted by molar-refractivity contribution is 0.633. The molecular formula is C16H21N7. The smallest absolute Gasteiger partial charge is 0.165 e. The van der Waals surface area contributed by atoms with E-state index < -0.39 is 0 Å². The summed E-state index contributed by atoms with van der Waals surface area (Å²) in [5.41, 5.74) is 5.25. The van der Waals surface area contributed by atoms with Gasteiger partial charge in [0, 0.05) is 30.4 Å². The molecular weight excluding hydrogens is 290 g/mol. The molecule has 0 atom stereocenters. The molecule has 3 aromatic rings. The number of anilines is 1. The van der Waals surface area contributed by atoms with E-state index in [4.69, 9.17) is 0 Å². The molecule has 3 heterocycles. The lowest BCUT2D eigenvalue weighted by Crippen LogP contribution is -2.05. The fraction of sp³-hybridized carbons (Fsp3) is 0.500. The fourth-order valence-corrected chi connectivity index (χ4v) is 3.07. The van der Waals surface area contributed by atoms with Gasteiger partial charge in [-0.1, -0.05) is 0 Å². The maximum absolute atomic E-state index is 4.56. The number of nitrogens with one attached hydrogen (secondary N) is 1. The normalized spacial score (nSPS) is 14.6. The van der Waals surface area contributed by atoms with Gasteiger partial charge in [0.2, 0.25) is 0 Å². The molecule has 1 saturated carbocycles. The largest absolute Gasteiger partial charge is 0.364 e. The fourth-order valence-electron chi connectivity index (χ4n) is 3.07. The molecule has 1 aliphatic rings. The van der Waals surface area contributed by atoms with Crippen LogP contribution in [0.15, 0.2) is 12.7 Å². The van der Waals surface area contributed by atoms with Crippen molar-refractivity contribution >= 4 is 17.0 Å². The molecule has 0 radical (unpaired) electrons. The first-order chi connectivity index (χ1) is 11.2. The number of hydrogen-bond donors (Lipinski definition) is 1. The first-order valence-corrected chi connectivity index (χ1v) is 8.13. The van der Waals surface area contributed by atoms with E-state index >= 15 is 0 Å². The Labute approximate surface area is 134 Å². The van der Waals surface area contributed by atoms with E-state index in [2.05, 4.69) is 43.8 Å². The zero-order chi connectivity index (χ0) is 16.0. The Morgan fingerprint density at radius 2 is 2.04 bits per heavy atom. The van der Waals surface area contributed by atoms with Gasteiger partial charge in [0.1, 0.15) is 11.8 Å². The Kier molecular flexibility index (Phi) is 3.28. The minimum absolute atomic E-state index is 0.565. The van der Waals surface area contributed by atoms with Crippen molar-refractivity contribution in [1.29, 1.82) is 0 Å². The molecule has 120 valence electrons. The second kappa shape index (κ2) is 5.33. The highest BCUT2D eigenvalue weighted by molar-refractivity contribution is 5.82. The Morgan fingerprint density at radius 1 is 1.22 bits per heavy atom. The van der Waals surface area contributed by atoms with Crippen molar-refractivity contribution in [3.63, 3.8) is 0 Å². The molecule has 23 heavy (non-hydrogen) atoms. The summed E-state index contributed by atoms with van der Waals surface area (Å²) in [5, 5.41) is 7.98. The van der Waals surface area contributed by atoms with Crippen LogP contribution in [-0.4, -0.2) is 29.3 Å². The maximum Gasteiger partial charge on any atom is 0.165 e. The Morgan fingerprint density at radius 3 is 2.74 bits per heavy atom. The number of aryl methyl sites for hydroxylation is 2. The van der Waals surface area contributed by atoms with E-state index in [0.717, 1.165) is 29.2 Å². The highest BCUT2D eigenvalue weighted by Crippen LogP contribution is 2.37. The molecule has 0 spiro atoms. The molecule has 1 N–H and O–H groups in total. The van der Waals surface area contributed by atoms with Crippen molar-refractivity contribution in [2.24, 2.45) is 0 Å². The Balaban J connectivity index is 1.62. The molecule has 4 rings (SSSR count). The molecule has 0 bridgehead atoms. The summed E-state index contributed by atoms with van der Waals surface area (Å²) in [4.78, 5) is 13.3. The van der Waals surface area contributed by atoms with E-state index in [0.29, 0.717) is 12.6 Å². The van der Waals surface area contributed by atoms with Crippen LogP contribution in [0.4, 0.5) is 5.82 Å². The number of rotatable bonds is 5. The van der Waals surface area contributed by atoms with Crippen molar-refractivity contribution in [2.75, 3.05) is 5.32 Å². The number of hydrogen-bond acceptors (Lipinski definition) is 5. The quantitative estimate of drug-likeness (QED) is 0.784. The second-order valence-electron chi connectivity index (χ2n) is 6.10. The van der Waals surface area contributed by atoms with Gasteiger partial charge in [0.05, 0.1) is 12.0 Å². The van der Waals surface area contributed by atoms with Crippen LogP contribution in [-0.2, 0) is 13.1 Å².